The van der Waals surface area contributed by atoms with E-state index in [0.717, 1.165) is 12.3 Å². The van der Waals surface area contributed by atoms with Crippen molar-refractivity contribution in [3.8, 4) is 0 Å². The molecule has 1 aliphatic rings. The topological polar surface area (TPSA) is 72.0 Å². The van der Waals surface area contributed by atoms with Gasteiger partial charge in [0.25, 0.3) is 0 Å². The van der Waals surface area contributed by atoms with Crippen LogP contribution in [0.2, 0.25) is 5.02 Å². The highest BCUT2D eigenvalue weighted by Crippen LogP contribution is 2.52. The molecular formula is C18H20ClF3N2O3S. The Morgan fingerprint density at radius 1 is 1.36 bits per heavy atom. The average molecular weight is 437 g/mol. The molecule has 10 heteroatoms. The van der Waals surface area contributed by atoms with E-state index in [1.165, 1.54) is 12.1 Å². The fourth-order valence-electron chi connectivity index (χ4n) is 3.54. The Hall–Kier alpha value is -1.58. The molecule has 0 amide bonds. The van der Waals surface area contributed by atoms with Crippen molar-refractivity contribution in [3.05, 3.63) is 46.1 Å². The number of aromatic amines is 1. The summed E-state index contributed by atoms with van der Waals surface area (Å²) in [7, 11) is -3.58. The summed E-state index contributed by atoms with van der Waals surface area (Å²) in [4.78, 5) is 7.00. The van der Waals surface area contributed by atoms with Crippen molar-refractivity contribution >= 4 is 21.4 Å². The van der Waals surface area contributed by atoms with Crippen LogP contribution in [0, 0.1) is 18.2 Å². The van der Waals surface area contributed by atoms with Gasteiger partial charge in [0.05, 0.1) is 17.3 Å². The number of sulfone groups is 1. The lowest BCUT2D eigenvalue weighted by Crippen LogP contribution is -2.47. The van der Waals surface area contributed by atoms with E-state index in [2.05, 4.69) is 9.97 Å². The van der Waals surface area contributed by atoms with Crippen molar-refractivity contribution in [1.82, 2.24) is 9.97 Å². The standard InChI is InChI=1S/C18H20ClF3N2O3S/c1-10-16(28(3,25)26)24-15(23-10)14(11-4-5-13(20)12(19)6-11)27-9-17(2)7-18(21,22)8-17/h4-6,14H,7-9H2,1-3H3,(H,23,24). The van der Waals surface area contributed by atoms with Crippen LogP contribution in [0.1, 0.15) is 43.0 Å². The normalized spacial score (nSPS) is 19.2. The molecule has 0 radical (unpaired) electrons. The smallest absolute Gasteiger partial charge is 0.249 e. The Balaban J connectivity index is 1.94. The largest absolute Gasteiger partial charge is 0.365 e. The molecule has 1 heterocycles. The average Bonchev–Trinajstić information content (AvgIpc) is 2.90. The van der Waals surface area contributed by atoms with Crippen LogP contribution in [0.25, 0.3) is 0 Å². The van der Waals surface area contributed by atoms with Gasteiger partial charge < -0.3 is 9.72 Å². The second-order valence-corrected chi connectivity index (χ2v) is 10.0. The zero-order valence-corrected chi connectivity index (χ0v) is 17.1. The van der Waals surface area contributed by atoms with Crippen molar-refractivity contribution in [2.75, 3.05) is 12.9 Å². The third kappa shape index (κ3) is 4.36. The maximum absolute atomic E-state index is 13.6. The molecule has 0 spiro atoms. The fraction of sp³-hybridized carbons (Fsp3) is 0.500. The Bertz CT molecular complexity index is 999. The van der Waals surface area contributed by atoms with Gasteiger partial charge in [0.2, 0.25) is 5.92 Å². The third-order valence-electron chi connectivity index (χ3n) is 4.67. The van der Waals surface area contributed by atoms with Gasteiger partial charge >= 0.3 is 0 Å². The number of alkyl halides is 2. The SMILES string of the molecule is Cc1[nH]c(C(OCC2(C)CC(F)(F)C2)c2ccc(F)c(Cl)c2)nc1S(C)(=O)=O. The van der Waals surface area contributed by atoms with Gasteiger partial charge in [-0.3, -0.25) is 0 Å². The summed E-state index contributed by atoms with van der Waals surface area (Å²) in [5.41, 5.74) is 0.0305. The summed E-state index contributed by atoms with van der Waals surface area (Å²) in [6, 6.07) is 3.93. The summed E-state index contributed by atoms with van der Waals surface area (Å²) in [5, 5.41) is -0.273. The van der Waals surface area contributed by atoms with Gasteiger partial charge in [-0.2, -0.15) is 0 Å². The van der Waals surface area contributed by atoms with Crippen molar-refractivity contribution in [2.24, 2.45) is 5.41 Å². The highest BCUT2D eigenvalue weighted by molar-refractivity contribution is 7.90. The number of rotatable bonds is 6. The number of benzene rings is 1. The maximum Gasteiger partial charge on any atom is 0.249 e. The molecule has 1 fully saturated rings. The summed E-state index contributed by atoms with van der Waals surface area (Å²) >= 11 is 5.86. The minimum absolute atomic E-state index is 0.00376. The van der Waals surface area contributed by atoms with E-state index in [4.69, 9.17) is 16.3 Å². The molecule has 1 aromatic carbocycles. The molecular weight excluding hydrogens is 417 g/mol. The molecule has 1 atom stereocenters. The Kier molecular flexibility index (Phi) is 5.31. The van der Waals surface area contributed by atoms with Crippen LogP contribution in [-0.4, -0.2) is 37.2 Å². The fourth-order valence-corrected chi connectivity index (χ4v) is 4.60. The van der Waals surface area contributed by atoms with Crippen LogP contribution in [-0.2, 0) is 14.6 Å². The number of aryl methyl sites for hydroxylation is 1. The molecule has 1 saturated carbocycles. The monoisotopic (exact) mass is 436 g/mol. The van der Waals surface area contributed by atoms with E-state index < -0.39 is 33.1 Å². The summed E-state index contributed by atoms with van der Waals surface area (Å²) in [6.07, 6.45) is -0.494. The minimum Gasteiger partial charge on any atom is -0.365 e. The molecule has 2 aromatic rings. The van der Waals surface area contributed by atoms with Gasteiger partial charge in [-0.05, 0) is 24.6 Å². The van der Waals surface area contributed by atoms with Gasteiger partial charge in [-0.25, -0.2) is 26.6 Å². The van der Waals surface area contributed by atoms with E-state index in [0.29, 0.717) is 11.3 Å². The van der Waals surface area contributed by atoms with E-state index in [9.17, 15) is 21.6 Å². The molecule has 3 rings (SSSR count). The first-order chi connectivity index (χ1) is 12.8. The number of nitrogens with zero attached hydrogens (tertiary/aromatic N) is 1. The Morgan fingerprint density at radius 3 is 2.50 bits per heavy atom. The summed E-state index contributed by atoms with van der Waals surface area (Å²) in [6.45, 7) is 3.24. The van der Waals surface area contributed by atoms with Gasteiger partial charge in [-0.15, -0.1) is 0 Å². The number of imidazole rings is 1. The van der Waals surface area contributed by atoms with Crippen LogP contribution >= 0.6 is 11.6 Å². The number of H-pyrrole nitrogens is 1. The first-order valence-electron chi connectivity index (χ1n) is 8.51. The highest BCUT2D eigenvalue weighted by atomic mass is 35.5. The van der Waals surface area contributed by atoms with Crippen molar-refractivity contribution in [2.45, 2.75) is 43.7 Å². The zero-order valence-electron chi connectivity index (χ0n) is 15.5. The maximum atomic E-state index is 13.6. The molecule has 1 N–H and O–H groups in total. The number of halogens is 4. The van der Waals surface area contributed by atoms with Crippen LogP contribution in [0.3, 0.4) is 0 Å². The lowest BCUT2D eigenvalue weighted by atomic mass is 9.68. The van der Waals surface area contributed by atoms with Gasteiger partial charge in [0.1, 0.15) is 17.7 Å². The highest BCUT2D eigenvalue weighted by Gasteiger charge is 2.54. The first-order valence-corrected chi connectivity index (χ1v) is 10.8. The van der Waals surface area contributed by atoms with Crippen LogP contribution < -0.4 is 0 Å². The molecule has 5 nitrogen and oxygen atoms in total. The molecule has 154 valence electrons. The quantitative estimate of drug-likeness (QED) is 0.725. The van der Waals surface area contributed by atoms with E-state index >= 15 is 0 Å². The van der Waals surface area contributed by atoms with Gasteiger partial charge in [-0.1, -0.05) is 24.6 Å². The van der Waals surface area contributed by atoms with Crippen LogP contribution in [0.15, 0.2) is 23.2 Å². The second kappa shape index (κ2) is 7.03. The van der Waals surface area contributed by atoms with Crippen molar-refractivity contribution < 1.29 is 26.3 Å². The van der Waals surface area contributed by atoms with Gasteiger partial charge in [0.15, 0.2) is 14.9 Å². The molecule has 1 aromatic heterocycles. The zero-order chi connectivity index (χ0) is 20.9. The summed E-state index contributed by atoms with van der Waals surface area (Å²) in [5.74, 6) is -3.16. The molecule has 0 aliphatic heterocycles. The second-order valence-electron chi connectivity index (χ2n) is 7.71. The molecule has 28 heavy (non-hydrogen) atoms. The molecule has 1 unspecified atom stereocenters. The predicted octanol–water partition coefficient (Wildman–Crippen LogP) is 4.46. The lowest BCUT2D eigenvalue weighted by molar-refractivity contribution is -0.179. The molecule has 0 saturated heterocycles. The number of hydrogen-bond donors (Lipinski definition) is 1. The molecule has 0 bridgehead atoms. The van der Waals surface area contributed by atoms with Crippen molar-refractivity contribution in [3.63, 3.8) is 0 Å². The van der Waals surface area contributed by atoms with Crippen LogP contribution in [0.5, 0.6) is 0 Å². The first kappa shape index (κ1) is 21.1. The van der Waals surface area contributed by atoms with Crippen LogP contribution in [0.4, 0.5) is 13.2 Å². The number of aromatic nitrogens is 2. The Labute approximate surface area is 166 Å². The van der Waals surface area contributed by atoms with E-state index in [1.807, 2.05) is 0 Å². The minimum atomic E-state index is -3.58. The summed E-state index contributed by atoms with van der Waals surface area (Å²) < 4.78 is 69.8. The lowest BCUT2D eigenvalue weighted by Gasteiger charge is -2.45. The molecule has 1 aliphatic carbocycles. The van der Waals surface area contributed by atoms with E-state index in [1.54, 1.807) is 13.8 Å². The number of hydrogen-bond acceptors (Lipinski definition) is 4. The van der Waals surface area contributed by atoms with Crippen molar-refractivity contribution in [1.29, 1.82) is 0 Å². The van der Waals surface area contributed by atoms with E-state index in [-0.39, 0.29) is 35.3 Å². The van der Waals surface area contributed by atoms with Gasteiger partial charge in [0, 0.05) is 24.5 Å². The third-order valence-corrected chi connectivity index (χ3v) is 6.06. The number of nitrogens with one attached hydrogen (secondary N) is 1. The number of ether oxygens (including phenoxy) is 1. The Morgan fingerprint density at radius 2 is 2.00 bits per heavy atom. The predicted molar refractivity (Wildman–Crippen MR) is 97.9 cm³/mol.